The van der Waals surface area contributed by atoms with Gasteiger partial charge in [0.05, 0.1) is 18.2 Å². The van der Waals surface area contributed by atoms with Gasteiger partial charge in [-0.2, -0.15) is 4.98 Å². The van der Waals surface area contributed by atoms with Gasteiger partial charge in [0.25, 0.3) is 0 Å². The van der Waals surface area contributed by atoms with Gasteiger partial charge in [-0.05, 0) is 45.4 Å². The summed E-state index contributed by atoms with van der Waals surface area (Å²) in [5, 5.41) is 13.2. The summed E-state index contributed by atoms with van der Waals surface area (Å²) in [6.45, 7) is 6.16. The second-order valence-electron chi connectivity index (χ2n) is 6.35. The van der Waals surface area contributed by atoms with E-state index in [1.807, 2.05) is 13.8 Å². The van der Waals surface area contributed by atoms with Gasteiger partial charge in [-0.3, -0.25) is 0 Å². The fourth-order valence-corrected chi connectivity index (χ4v) is 2.68. The zero-order valence-electron chi connectivity index (χ0n) is 13.1. The van der Waals surface area contributed by atoms with Crippen LogP contribution >= 0.6 is 0 Å². The average Bonchev–Trinajstić information content (AvgIpc) is 2.45. The van der Waals surface area contributed by atoms with Crippen LogP contribution in [0.5, 0.6) is 5.88 Å². The molecule has 0 bridgehead atoms. The lowest BCUT2D eigenvalue weighted by molar-refractivity contribution is 0.155. The lowest BCUT2D eigenvalue weighted by Crippen LogP contribution is -2.45. The first-order valence-corrected chi connectivity index (χ1v) is 7.62. The molecule has 21 heavy (non-hydrogen) atoms. The van der Waals surface area contributed by atoms with Crippen LogP contribution in [-0.2, 0) is 0 Å². The van der Waals surface area contributed by atoms with Gasteiger partial charge in [-0.15, -0.1) is 0 Å². The van der Waals surface area contributed by atoms with E-state index in [1.165, 1.54) is 6.33 Å². The predicted molar refractivity (Wildman–Crippen MR) is 83.3 cm³/mol. The number of rotatable bonds is 5. The summed E-state index contributed by atoms with van der Waals surface area (Å²) in [6, 6.07) is 0. The van der Waals surface area contributed by atoms with E-state index in [1.54, 1.807) is 0 Å². The molecule has 0 unspecified atom stereocenters. The van der Waals surface area contributed by atoms with E-state index in [-0.39, 0.29) is 18.2 Å². The van der Waals surface area contributed by atoms with Crippen molar-refractivity contribution < 1.29 is 9.84 Å². The number of nitrogen functional groups attached to an aromatic ring is 1. The van der Waals surface area contributed by atoms with Crippen molar-refractivity contribution in [2.75, 3.05) is 17.7 Å². The monoisotopic (exact) mass is 294 g/mol. The Morgan fingerprint density at radius 1 is 1.43 bits per heavy atom. The highest BCUT2D eigenvalue weighted by atomic mass is 16.5. The van der Waals surface area contributed by atoms with Crippen molar-refractivity contribution in [3.8, 4) is 5.88 Å². The molecule has 6 nitrogen and oxygen atoms in total. The van der Waals surface area contributed by atoms with Crippen LogP contribution in [0.3, 0.4) is 0 Å². The third kappa shape index (κ3) is 3.75. The van der Waals surface area contributed by atoms with Crippen molar-refractivity contribution in [1.29, 1.82) is 0 Å². The van der Waals surface area contributed by atoms with Gasteiger partial charge >= 0.3 is 0 Å². The van der Waals surface area contributed by atoms with Gasteiger partial charge in [0, 0.05) is 0 Å². The molecule has 1 aliphatic carbocycles. The molecule has 1 fully saturated rings. The maximum Gasteiger partial charge on any atom is 0.242 e. The summed E-state index contributed by atoms with van der Waals surface area (Å²) in [4.78, 5) is 8.29. The lowest BCUT2D eigenvalue weighted by atomic mass is 9.77. The van der Waals surface area contributed by atoms with Crippen LogP contribution in [0, 0.1) is 5.92 Å². The second kappa shape index (κ2) is 6.47. The summed E-state index contributed by atoms with van der Waals surface area (Å²) >= 11 is 0. The number of aromatic nitrogens is 2. The molecule has 0 spiro atoms. The summed E-state index contributed by atoms with van der Waals surface area (Å²) in [5.41, 5.74) is 6.15. The molecular weight excluding hydrogens is 268 g/mol. The Labute approximate surface area is 126 Å². The van der Waals surface area contributed by atoms with Crippen molar-refractivity contribution in [2.24, 2.45) is 5.92 Å². The van der Waals surface area contributed by atoms with Gasteiger partial charge in [0.15, 0.2) is 5.82 Å². The van der Waals surface area contributed by atoms with Crippen LogP contribution in [0.15, 0.2) is 6.33 Å². The van der Waals surface area contributed by atoms with Gasteiger partial charge in [-0.25, -0.2) is 4.98 Å². The first-order valence-electron chi connectivity index (χ1n) is 7.62. The van der Waals surface area contributed by atoms with Gasteiger partial charge in [0.1, 0.15) is 12.0 Å². The topological polar surface area (TPSA) is 93.3 Å². The standard InChI is InChI=1S/C15H26N4O2/c1-10(2)21-14-12(16)13(17-9-18-14)19-15(8-20)6-4-11(3)5-7-15/h9-11,20H,4-8,16H2,1-3H3,(H,17,18,19). The van der Waals surface area contributed by atoms with Crippen LogP contribution in [-0.4, -0.2) is 33.3 Å². The van der Waals surface area contributed by atoms with Crippen molar-refractivity contribution in [2.45, 2.75) is 58.1 Å². The maximum atomic E-state index is 9.82. The number of ether oxygens (including phenoxy) is 1. The molecule has 1 aromatic heterocycles. The smallest absolute Gasteiger partial charge is 0.242 e. The Balaban J connectivity index is 2.18. The quantitative estimate of drug-likeness (QED) is 0.771. The lowest BCUT2D eigenvalue weighted by Gasteiger charge is -2.39. The molecule has 0 saturated heterocycles. The third-order valence-electron chi connectivity index (χ3n) is 4.11. The van der Waals surface area contributed by atoms with E-state index in [2.05, 4.69) is 22.2 Å². The maximum absolute atomic E-state index is 9.82. The number of hydrogen-bond donors (Lipinski definition) is 3. The zero-order valence-corrected chi connectivity index (χ0v) is 13.1. The molecular formula is C15H26N4O2. The minimum absolute atomic E-state index is 0.00242. The SMILES string of the molecule is CC1CCC(CO)(Nc2ncnc(OC(C)C)c2N)CC1. The number of anilines is 2. The van der Waals surface area contributed by atoms with Crippen molar-refractivity contribution >= 4 is 11.5 Å². The predicted octanol–water partition coefficient (Wildman–Crippen LogP) is 2.20. The van der Waals surface area contributed by atoms with E-state index < -0.39 is 0 Å². The highest BCUT2D eigenvalue weighted by molar-refractivity contribution is 5.67. The number of nitrogens with zero attached hydrogens (tertiary/aromatic N) is 2. The molecule has 6 heteroatoms. The molecule has 0 amide bonds. The second-order valence-corrected chi connectivity index (χ2v) is 6.35. The molecule has 1 aliphatic rings. The molecule has 1 aromatic rings. The average molecular weight is 294 g/mol. The molecule has 4 N–H and O–H groups in total. The van der Waals surface area contributed by atoms with Gasteiger partial charge in [-0.1, -0.05) is 6.92 Å². The molecule has 118 valence electrons. The van der Waals surface area contributed by atoms with Crippen molar-refractivity contribution in [3.63, 3.8) is 0 Å². The minimum Gasteiger partial charge on any atom is -0.473 e. The van der Waals surface area contributed by atoms with Crippen LogP contribution < -0.4 is 15.8 Å². The van der Waals surface area contributed by atoms with Gasteiger partial charge < -0.3 is 20.9 Å². The van der Waals surface area contributed by atoms with Gasteiger partial charge in [0.2, 0.25) is 5.88 Å². The zero-order chi connectivity index (χ0) is 15.5. The molecule has 0 radical (unpaired) electrons. The van der Waals surface area contributed by atoms with Crippen molar-refractivity contribution in [3.05, 3.63) is 6.33 Å². The largest absolute Gasteiger partial charge is 0.473 e. The highest BCUT2D eigenvalue weighted by Gasteiger charge is 2.34. The fraction of sp³-hybridized carbons (Fsp3) is 0.733. The fourth-order valence-electron chi connectivity index (χ4n) is 2.68. The van der Waals surface area contributed by atoms with E-state index >= 15 is 0 Å². The molecule has 2 rings (SSSR count). The highest BCUT2D eigenvalue weighted by Crippen LogP contribution is 2.36. The third-order valence-corrected chi connectivity index (χ3v) is 4.11. The number of aliphatic hydroxyl groups is 1. The van der Waals surface area contributed by atoms with E-state index in [0.29, 0.717) is 23.3 Å². The first-order chi connectivity index (χ1) is 9.96. The number of hydrogen-bond acceptors (Lipinski definition) is 6. The minimum atomic E-state index is -0.343. The number of nitrogens with two attached hydrogens (primary N) is 1. The number of nitrogens with one attached hydrogen (secondary N) is 1. The Morgan fingerprint density at radius 2 is 2.10 bits per heavy atom. The normalized spacial score (nSPS) is 25.9. The Hall–Kier alpha value is -1.56. The molecule has 0 aromatic carbocycles. The first kappa shape index (κ1) is 15.8. The van der Waals surface area contributed by atoms with E-state index in [4.69, 9.17) is 10.5 Å². The summed E-state index contributed by atoms with van der Waals surface area (Å²) in [7, 11) is 0. The van der Waals surface area contributed by atoms with Crippen LogP contribution in [0.1, 0.15) is 46.5 Å². The number of aliphatic hydroxyl groups excluding tert-OH is 1. The van der Waals surface area contributed by atoms with E-state index in [9.17, 15) is 5.11 Å². The molecule has 1 heterocycles. The molecule has 1 saturated carbocycles. The Bertz CT molecular complexity index is 471. The molecule has 0 atom stereocenters. The van der Waals surface area contributed by atoms with Crippen LogP contribution in [0.4, 0.5) is 11.5 Å². The van der Waals surface area contributed by atoms with Crippen LogP contribution in [0.25, 0.3) is 0 Å². The Morgan fingerprint density at radius 3 is 2.67 bits per heavy atom. The summed E-state index contributed by atoms with van der Waals surface area (Å²) in [6.07, 6.45) is 5.44. The summed E-state index contributed by atoms with van der Waals surface area (Å²) in [5.74, 6) is 1.64. The van der Waals surface area contributed by atoms with Crippen molar-refractivity contribution in [1.82, 2.24) is 9.97 Å². The molecule has 0 aliphatic heterocycles. The van der Waals surface area contributed by atoms with E-state index in [0.717, 1.165) is 25.7 Å². The van der Waals surface area contributed by atoms with Crippen LogP contribution in [0.2, 0.25) is 0 Å². The Kier molecular flexibility index (Phi) is 4.88. The summed E-state index contributed by atoms with van der Waals surface area (Å²) < 4.78 is 5.58.